The smallest absolute Gasteiger partial charge is 0.179 e. The second kappa shape index (κ2) is 5.69. The molecular formula is C12H15NO2S. The molecule has 0 heterocycles. The van der Waals surface area contributed by atoms with Crippen LogP contribution >= 0.6 is 0 Å². The van der Waals surface area contributed by atoms with Crippen molar-refractivity contribution in [2.75, 3.05) is 12.3 Å². The molecule has 0 aliphatic heterocycles. The van der Waals surface area contributed by atoms with Crippen molar-refractivity contribution in [3.63, 3.8) is 0 Å². The van der Waals surface area contributed by atoms with Crippen LogP contribution in [0.4, 0.5) is 0 Å². The van der Waals surface area contributed by atoms with Gasteiger partial charge in [-0.05, 0) is 19.1 Å². The lowest BCUT2D eigenvalue weighted by atomic mass is 10.4. The van der Waals surface area contributed by atoms with Gasteiger partial charge in [-0.25, -0.2) is 8.42 Å². The lowest BCUT2D eigenvalue weighted by Gasteiger charge is -2.12. The first-order valence-corrected chi connectivity index (χ1v) is 6.66. The van der Waals surface area contributed by atoms with E-state index in [-0.39, 0.29) is 11.8 Å². The van der Waals surface area contributed by atoms with E-state index in [0.29, 0.717) is 11.4 Å². The van der Waals surface area contributed by atoms with Crippen LogP contribution in [0, 0.1) is 12.3 Å². The minimum absolute atomic E-state index is 0.0543. The van der Waals surface area contributed by atoms with Crippen LogP contribution in [-0.4, -0.2) is 26.8 Å². The fourth-order valence-electron chi connectivity index (χ4n) is 1.35. The topological polar surface area (TPSA) is 46.2 Å². The molecule has 1 unspecified atom stereocenters. The van der Waals surface area contributed by atoms with Gasteiger partial charge in [0.2, 0.25) is 0 Å². The Bertz CT molecular complexity index is 460. The maximum Gasteiger partial charge on any atom is 0.179 e. The third kappa shape index (κ3) is 3.69. The molecule has 0 fully saturated rings. The van der Waals surface area contributed by atoms with Gasteiger partial charge in [-0.1, -0.05) is 24.1 Å². The molecule has 0 amide bonds. The van der Waals surface area contributed by atoms with E-state index in [1.807, 2.05) is 0 Å². The van der Waals surface area contributed by atoms with E-state index in [9.17, 15) is 8.42 Å². The van der Waals surface area contributed by atoms with Crippen LogP contribution in [0.15, 0.2) is 35.2 Å². The molecule has 0 radical (unpaired) electrons. The maximum atomic E-state index is 11.9. The van der Waals surface area contributed by atoms with Crippen molar-refractivity contribution < 1.29 is 8.42 Å². The Labute approximate surface area is 96.8 Å². The molecule has 4 heteroatoms. The summed E-state index contributed by atoms with van der Waals surface area (Å²) in [5.41, 5.74) is 0. The molecule has 0 bridgehead atoms. The molecule has 0 saturated carbocycles. The molecule has 1 aromatic rings. The van der Waals surface area contributed by atoms with Gasteiger partial charge >= 0.3 is 0 Å². The highest BCUT2D eigenvalue weighted by molar-refractivity contribution is 7.91. The summed E-state index contributed by atoms with van der Waals surface area (Å²) in [7, 11) is -3.22. The Morgan fingerprint density at radius 1 is 1.38 bits per heavy atom. The lowest BCUT2D eigenvalue weighted by Crippen LogP contribution is -2.33. The van der Waals surface area contributed by atoms with E-state index >= 15 is 0 Å². The van der Waals surface area contributed by atoms with Gasteiger partial charge in [-0.2, -0.15) is 0 Å². The minimum atomic E-state index is -3.22. The third-order valence-electron chi connectivity index (χ3n) is 2.12. The van der Waals surface area contributed by atoms with Crippen molar-refractivity contribution in [3.8, 4) is 12.3 Å². The Kier molecular flexibility index (Phi) is 4.53. The van der Waals surface area contributed by atoms with E-state index < -0.39 is 9.84 Å². The van der Waals surface area contributed by atoms with E-state index in [2.05, 4.69) is 11.2 Å². The summed E-state index contributed by atoms with van der Waals surface area (Å²) in [6, 6.07) is 8.27. The van der Waals surface area contributed by atoms with Gasteiger partial charge in [0, 0.05) is 6.04 Å². The average molecular weight is 237 g/mol. The highest BCUT2D eigenvalue weighted by atomic mass is 32.2. The summed E-state index contributed by atoms with van der Waals surface area (Å²) < 4.78 is 23.8. The zero-order valence-corrected chi connectivity index (χ0v) is 10.00. The number of hydrogen-bond acceptors (Lipinski definition) is 3. The molecule has 1 rings (SSSR count). The average Bonchev–Trinajstić information content (AvgIpc) is 2.27. The second-order valence-corrected chi connectivity index (χ2v) is 5.61. The Hall–Kier alpha value is -1.31. The summed E-state index contributed by atoms with van der Waals surface area (Å²) in [5.74, 6) is 2.47. The number of sulfone groups is 1. The zero-order valence-electron chi connectivity index (χ0n) is 9.18. The van der Waals surface area contributed by atoms with Crippen LogP contribution in [0.3, 0.4) is 0 Å². The van der Waals surface area contributed by atoms with Crippen molar-refractivity contribution >= 4 is 9.84 Å². The normalized spacial score (nSPS) is 13.0. The first-order chi connectivity index (χ1) is 7.56. The van der Waals surface area contributed by atoms with E-state index in [1.165, 1.54) is 0 Å². The Morgan fingerprint density at radius 3 is 2.56 bits per heavy atom. The van der Waals surface area contributed by atoms with E-state index in [4.69, 9.17) is 6.42 Å². The van der Waals surface area contributed by atoms with Crippen molar-refractivity contribution in [1.29, 1.82) is 0 Å². The Morgan fingerprint density at radius 2 is 2.00 bits per heavy atom. The van der Waals surface area contributed by atoms with Crippen LogP contribution in [0.2, 0.25) is 0 Å². The minimum Gasteiger partial charge on any atom is -0.303 e. The summed E-state index contributed by atoms with van der Waals surface area (Å²) in [6.07, 6.45) is 5.09. The van der Waals surface area contributed by atoms with E-state index in [1.54, 1.807) is 37.3 Å². The number of terminal acetylenes is 1. The predicted octanol–water partition coefficient (Wildman–Crippen LogP) is 1.07. The molecule has 0 aliphatic rings. The fourth-order valence-corrected chi connectivity index (χ4v) is 2.89. The van der Waals surface area contributed by atoms with Gasteiger partial charge in [0.1, 0.15) is 0 Å². The summed E-state index contributed by atoms with van der Waals surface area (Å²) >= 11 is 0. The van der Waals surface area contributed by atoms with Crippen molar-refractivity contribution in [3.05, 3.63) is 30.3 Å². The van der Waals surface area contributed by atoms with Crippen LogP contribution in [0.25, 0.3) is 0 Å². The largest absolute Gasteiger partial charge is 0.303 e. The number of rotatable bonds is 5. The summed E-state index contributed by atoms with van der Waals surface area (Å²) in [5, 5.41) is 2.94. The number of benzene rings is 1. The van der Waals surface area contributed by atoms with Crippen molar-refractivity contribution in [1.82, 2.24) is 5.32 Å². The van der Waals surface area contributed by atoms with Gasteiger partial charge in [0.05, 0.1) is 17.2 Å². The third-order valence-corrected chi connectivity index (χ3v) is 4.05. The molecule has 0 spiro atoms. The summed E-state index contributed by atoms with van der Waals surface area (Å²) in [4.78, 5) is 0.351. The number of nitrogens with one attached hydrogen (secondary N) is 1. The van der Waals surface area contributed by atoms with Crippen LogP contribution in [-0.2, 0) is 9.84 Å². The van der Waals surface area contributed by atoms with Gasteiger partial charge < -0.3 is 5.32 Å². The quantitative estimate of drug-likeness (QED) is 0.779. The summed E-state index contributed by atoms with van der Waals surface area (Å²) in [6.45, 7) is 2.18. The molecule has 0 saturated heterocycles. The highest BCUT2D eigenvalue weighted by Gasteiger charge is 2.17. The van der Waals surface area contributed by atoms with Gasteiger partial charge in [0.25, 0.3) is 0 Å². The van der Waals surface area contributed by atoms with E-state index in [0.717, 1.165) is 0 Å². The standard InChI is InChI=1S/C12H15NO2S/c1-3-9-13-11(2)10-16(14,15)12-7-5-4-6-8-12/h1,4-8,11,13H,9-10H2,2H3. The zero-order chi connectivity index (χ0) is 12.0. The molecule has 0 aromatic heterocycles. The van der Waals surface area contributed by atoms with Gasteiger partial charge in [-0.3, -0.25) is 0 Å². The SMILES string of the molecule is C#CCNC(C)CS(=O)(=O)c1ccccc1. The second-order valence-electron chi connectivity index (χ2n) is 3.58. The first-order valence-electron chi connectivity index (χ1n) is 5.01. The molecule has 16 heavy (non-hydrogen) atoms. The maximum absolute atomic E-state index is 11.9. The first kappa shape index (κ1) is 12.8. The van der Waals surface area contributed by atoms with Crippen LogP contribution < -0.4 is 5.32 Å². The molecule has 1 aromatic carbocycles. The van der Waals surface area contributed by atoms with Crippen LogP contribution in [0.5, 0.6) is 0 Å². The molecule has 1 N–H and O–H groups in total. The molecular weight excluding hydrogens is 222 g/mol. The lowest BCUT2D eigenvalue weighted by molar-refractivity contribution is 0.573. The molecule has 1 atom stereocenters. The predicted molar refractivity (Wildman–Crippen MR) is 64.8 cm³/mol. The van der Waals surface area contributed by atoms with Crippen LogP contribution in [0.1, 0.15) is 6.92 Å². The van der Waals surface area contributed by atoms with Gasteiger partial charge in [0.15, 0.2) is 9.84 Å². The Balaban J connectivity index is 2.70. The number of hydrogen-bond donors (Lipinski definition) is 1. The van der Waals surface area contributed by atoms with Crippen molar-refractivity contribution in [2.24, 2.45) is 0 Å². The highest BCUT2D eigenvalue weighted by Crippen LogP contribution is 2.10. The fraction of sp³-hybridized carbons (Fsp3) is 0.333. The van der Waals surface area contributed by atoms with Gasteiger partial charge in [-0.15, -0.1) is 6.42 Å². The molecule has 86 valence electrons. The monoisotopic (exact) mass is 237 g/mol. The molecule has 0 aliphatic carbocycles. The van der Waals surface area contributed by atoms with Crippen molar-refractivity contribution in [2.45, 2.75) is 17.9 Å². The molecule has 3 nitrogen and oxygen atoms in total.